The second-order valence-corrected chi connectivity index (χ2v) is 10.00. The molecule has 0 radical (unpaired) electrons. The van der Waals surface area contributed by atoms with Crippen molar-refractivity contribution in [2.75, 3.05) is 32.7 Å². The number of β-amino-alcohol motifs (C(OH)–C–C–N with tert-alkyl or cyclic N) is 1. The molecule has 1 fully saturated rings. The lowest BCUT2D eigenvalue weighted by atomic mass is 10.1. The first-order valence-electron chi connectivity index (χ1n) is 12.1. The molecule has 7 nitrogen and oxygen atoms in total. The predicted molar refractivity (Wildman–Crippen MR) is 127 cm³/mol. The highest BCUT2D eigenvalue weighted by atomic mass is 19.4. The van der Waals surface area contributed by atoms with Crippen LogP contribution in [0.1, 0.15) is 38.1 Å². The number of aromatic nitrogens is 2. The molecule has 210 valence electrons. The van der Waals surface area contributed by atoms with E-state index >= 15 is 0 Å². The number of nitrogens with zero attached hydrogens (tertiary/aromatic N) is 4. The van der Waals surface area contributed by atoms with Gasteiger partial charge in [-0.3, -0.25) is 19.1 Å². The number of amides is 1. The molecule has 0 aliphatic carbocycles. The number of carbonyl (C=O) groups excluding carboxylic acids is 1. The van der Waals surface area contributed by atoms with Crippen LogP contribution < -0.4 is 5.56 Å². The van der Waals surface area contributed by atoms with Crippen molar-refractivity contribution in [1.82, 2.24) is 19.4 Å². The summed E-state index contributed by atoms with van der Waals surface area (Å²) >= 11 is 0. The van der Waals surface area contributed by atoms with Crippen molar-refractivity contribution < 1.29 is 36.2 Å². The van der Waals surface area contributed by atoms with Crippen molar-refractivity contribution in [3.63, 3.8) is 0 Å². The van der Waals surface area contributed by atoms with Crippen molar-refractivity contribution in [3.8, 4) is 11.3 Å². The van der Waals surface area contributed by atoms with E-state index in [1.807, 2.05) is 4.90 Å². The molecule has 0 bridgehead atoms. The Morgan fingerprint density at radius 1 is 1.00 bits per heavy atom. The summed E-state index contributed by atoms with van der Waals surface area (Å²) < 4.78 is 77.9. The van der Waals surface area contributed by atoms with Crippen molar-refractivity contribution in [1.29, 1.82) is 0 Å². The maximum Gasteiger partial charge on any atom is 0.416 e. The number of piperazine rings is 1. The Morgan fingerprint density at radius 2 is 1.61 bits per heavy atom. The molecule has 0 spiro atoms. The fourth-order valence-corrected chi connectivity index (χ4v) is 4.28. The van der Waals surface area contributed by atoms with Gasteiger partial charge in [0.25, 0.3) is 5.56 Å². The highest BCUT2D eigenvalue weighted by Crippen LogP contribution is 2.30. The number of hydrogen-bond acceptors (Lipinski definition) is 5. The van der Waals surface area contributed by atoms with Gasteiger partial charge in [0.05, 0.1) is 16.9 Å². The van der Waals surface area contributed by atoms with Crippen molar-refractivity contribution in [2.45, 2.75) is 57.6 Å². The number of aliphatic hydroxyl groups is 1. The SMILES string of the molecule is CC(C)(O)CN1CCN(C(=O)Cn2c(CCCC(F)(F)F)nc(-c3ccc(C(F)(F)F)cc3)cc2=O)CC1. The molecule has 13 heteroatoms. The van der Waals surface area contributed by atoms with Crippen LogP contribution in [0.5, 0.6) is 0 Å². The molecular weight excluding hydrogens is 518 g/mol. The lowest BCUT2D eigenvalue weighted by molar-refractivity contribution is -0.137. The molecule has 1 saturated heterocycles. The number of hydrogen-bond donors (Lipinski definition) is 1. The molecule has 1 aliphatic rings. The molecule has 2 aromatic rings. The first kappa shape index (κ1) is 29.6. The largest absolute Gasteiger partial charge is 0.416 e. The first-order chi connectivity index (χ1) is 17.5. The van der Waals surface area contributed by atoms with E-state index < -0.39 is 47.9 Å². The van der Waals surface area contributed by atoms with E-state index in [2.05, 4.69) is 4.98 Å². The number of benzene rings is 1. The average molecular weight is 549 g/mol. The van der Waals surface area contributed by atoms with E-state index in [0.717, 1.165) is 34.9 Å². The quantitative estimate of drug-likeness (QED) is 0.509. The molecule has 1 aromatic carbocycles. The fraction of sp³-hybridized carbons (Fsp3) is 0.560. The van der Waals surface area contributed by atoms with Gasteiger partial charge in [-0.25, -0.2) is 4.98 Å². The highest BCUT2D eigenvalue weighted by molar-refractivity contribution is 5.76. The van der Waals surface area contributed by atoms with Crippen LogP contribution in [-0.4, -0.2) is 74.9 Å². The van der Waals surface area contributed by atoms with E-state index in [1.54, 1.807) is 13.8 Å². The smallest absolute Gasteiger partial charge is 0.389 e. The van der Waals surface area contributed by atoms with Gasteiger partial charge in [-0.2, -0.15) is 26.3 Å². The van der Waals surface area contributed by atoms with Crippen LogP contribution in [0.2, 0.25) is 0 Å². The maximum absolute atomic E-state index is 13.0. The third kappa shape index (κ3) is 8.55. The third-order valence-corrected chi connectivity index (χ3v) is 6.08. The standard InChI is InChI=1S/C25H30F6N4O3/c1-23(2,38)16-33-10-12-34(13-11-33)22(37)15-35-20(4-3-9-24(26,27)28)32-19(14-21(35)36)17-5-7-18(8-6-17)25(29,30)31/h5-8,14,38H,3-4,9-13,15-16H2,1-2H3. The molecule has 0 atom stereocenters. The molecular formula is C25H30F6N4O3. The summed E-state index contributed by atoms with van der Waals surface area (Å²) in [7, 11) is 0. The topological polar surface area (TPSA) is 78.7 Å². The van der Waals surface area contributed by atoms with Crippen molar-refractivity contribution in [3.05, 3.63) is 52.1 Å². The van der Waals surface area contributed by atoms with Crippen LogP contribution in [-0.2, 0) is 23.9 Å². The minimum absolute atomic E-state index is 0.00895. The molecule has 38 heavy (non-hydrogen) atoms. The molecule has 1 aromatic heterocycles. The Morgan fingerprint density at radius 3 is 2.13 bits per heavy atom. The normalized spacial score (nSPS) is 15.7. The summed E-state index contributed by atoms with van der Waals surface area (Å²) in [6.45, 7) is 5.08. The van der Waals surface area contributed by atoms with Crippen LogP contribution in [0.3, 0.4) is 0 Å². The van der Waals surface area contributed by atoms with Gasteiger partial charge < -0.3 is 10.0 Å². The zero-order chi connectivity index (χ0) is 28.3. The third-order valence-electron chi connectivity index (χ3n) is 6.08. The number of aryl methyl sites for hydroxylation is 1. The summed E-state index contributed by atoms with van der Waals surface area (Å²) in [6.07, 6.45) is -10.7. The lowest BCUT2D eigenvalue weighted by Crippen LogP contribution is -2.52. The lowest BCUT2D eigenvalue weighted by Gasteiger charge is -2.37. The monoisotopic (exact) mass is 548 g/mol. The van der Waals surface area contributed by atoms with E-state index in [-0.39, 0.29) is 29.9 Å². The Kier molecular flexibility index (Phi) is 8.92. The summed E-state index contributed by atoms with van der Waals surface area (Å²) in [5.41, 5.74) is -2.28. The summed E-state index contributed by atoms with van der Waals surface area (Å²) in [5, 5.41) is 9.99. The minimum atomic E-state index is -4.56. The van der Waals surface area contributed by atoms with Gasteiger partial charge in [0.1, 0.15) is 12.4 Å². The number of carbonyl (C=O) groups is 1. The maximum atomic E-state index is 13.0. The van der Waals surface area contributed by atoms with Gasteiger partial charge in [-0.15, -0.1) is 0 Å². The number of rotatable bonds is 8. The fourth-order valence-electron chi connectivity index (χ4n) is 4.28. The predicted octanol–water partition coefficient (Wildman–Crippen LogP) is 3.73. The second kappa shape index (κ2) is 11.4. The van der Waals surface area contributed by atoms with E-state index in [0.29, 0.717) is 32.7 Å². The highest BCUT2D eigenvalue weighted by Gasteiger charge is 2.31. The zero-order valence-electron chi connectivity index (χ0n) is 21.1. The zero-order valence-corrected chi connectivity index (χ0v) is 21.1. The van der Waals surface area contributed by atoms with Crippen LogP contribution in [0, 0.1) is 0 Å². The average Bonchev–Trinajstić information content (AvgIpc) is 2.79. The Balaban J connectivity index is 1.82. The minimum Gasteiger partial charge on any atom is -0.389 e. The van der Waals surface area contributed by atoms with Crippen LogP contribution in [0.4, 0.5) is 26.3 Å². The van der Waals surface area contributed by atoms with Gasteiger partial charge >= 0.3 is 12.4 Å². The van der Waals surface area contributed by atoms with E-state index in [9.17, 15) is 41.0 Å². The van der Waals surface area contributed by atoms with E-state index in [1.165, 1.54) is 4.90 Å². The molecule has 3 rings (SSSR count). The van der Waals surface area contributed by atoms with Gasteiger partial charge in [0, 0.05) is 57.2 Å². The second-order valence-electron chi connectivity index (χ2n) is 10.00. The summed E-state index contributed by atoms with van der Waals surface area (Å²) in [6, 6.07) is 4.98. The van der Waals surface area contributed by atoms with Crippen molar-refractivity contribution in [2.24, 2.45) is 0 Å². The Labute approximate surface area is 215 Å². The summed E-state index contributed by atoms with van der Waals surface area (Å²) in [5.74, 6) is -0.457. The van der Waals surface area contributed by atoms with Crippen LogP contribution >= 0.6 is 0 Å². The molecule has 0 saturated carbocycles. The number of alkyl halides is 6. The Bertz CT molecular complexity index is 1160. The molecule has 1 N–H and O–H groups in total. The van der Waals surface area contributed by atoms with Gasteiger partial charge in [0.2, 0.25) is 5.91 Å². The molecule has 1 aliphatic heterocycles. The van der Waals surface area contributed by atoms with Gasteiger partial charge in [-0.1, -0.05) is 12.1 Å². The van der Waals surface area contributed by atoms with Crippen LogP contribution in [0.15, 0.2) is 35.1 Å². The molecule has 2 heterocycles. The summed E-state index contributed by atoms with van der Waals surface area (Å²) in [4.78, 5) is 33.7. The van der Waals surface area contributed by atoms with Gasteiger partial charge in [0.15, 0.2) is 0 Å². The Hall–Kier alpha value is -2.93. The number of halogens is 6. The molecule has 1 amide bonds. The van der Waals surface area contributed by atoms with Gasteiger partial charge in [-0.05, 0) is 32.4 Å². The van der Waals surface area contributed by atoms with E-state index in [4.69, 9.17) is 0 Å². The first-order valence-corrected chi connectivity index (χ1v) is 12.1. The van der Waals surface area contributed by atoms with Crippen molar-refractivity contribution >= 4 is 5.91 Å². The molecule has 0 unspecified atom stereocenters. The van der Waals surface area contributed by atoms with Crippen LogP contribution in [0.25, 0.3) is 11.3 Å².